The lowest BCUT2D eigenvalue weighted by Crippen LogP contribution is -2.32. The fraction of sp³-hybridized carbons (Fsp3) is 0.409. The lowest BCUT2D eigenvalue weighted by molar-refractivity contribution is -0.122. The zero-order valence-corrected chi connectivity index (χ0v) is 15.9. The first kappa shape index (κ1) is 18.3. The third-order valence-corrected chi connectivity index (χ3v) is 4.74. The van der Waals surface area contributed by atoms with Gasteiger partial charge in [-0.25, -0.2) is 0 Å². The molecule has 1 aliphatic rings. The summed E-state index contributed by atoms with van der Waals surface area (Å²) in [4.78, 5) is 15.0. The molecule has 1 amide bonds. The highest BCUT2D eigenvalue weighted by Gasteiger charge is 2.19. The zero-order valence-electron chi connectivity index (χ0n) is 15.9. The summed E-state index contributed by atoms with van der Waals surface area (Å²) >= 11 is 0. The van der Waals surface area contributed by atoms with Crippen molar-refractivity contribution in [2.45, 2.75) is 46.1 Å². The second-order valence-corrected chi connectivity index (χ2v) is 7.07. The molecule has 0 saturated carbocycles. The zero-order chi connectivity index (χ0) is 18.5. The first-order chi connectivity index (χ1) is 12.5. The Labute approximate surface area is 156 Å². The first-order valence-electron chi connectivity index (χ1n) is 9.46. The number of hydrogen-bond donors (Lipinski definition) is 1. The summed E-state index contributed by atoms with van der Waals surface area (Å²) in [7, 11) is 0. The van der Waals surface area contributed by atoms with Crippen molar-refractivity contribution < 1.29 is 9.53 Å². The molecule has 1 aliphatic heterocycles. The molecule has 3 rings (SSSR count). The van der Waals surface area contributed by atoms with E-state index in [9.17, 15) is 4.79 Å². The summed E-state index contributed by atoms with van der Waals surface area (Å²) in [6.45, 7) is 8.26. The Hall–Kier alpha value is -2.49. The van der Waals surface area contributed by atoms with E-state index in [2.05, 4.69) is 28.4 Å². The monoisotopic (exact) mass is 352 g/mol. The maximum atomic E-state index is 12.6. The molecule has 26 heavy (non-hydrogen) atoms. The summed E-state index contributed by atoms with van der Waals surface area (Å²) in [5, 5.41) is 2.98. The Balaban J connectivity index is 1.63. The van der Waals surface area contributed by atoms with Gasteiger partial charge in [0.15, 0.2) is 6.10 Å². The van der Waals surface area contributed by atoms with Crippen molar-refractivity contribution in [2.75, 3.05) is 23.3 Å². The van der Waals surface area contributed by atoms with Gasteiger partial charge in [-0.15, -0.1) is 0 Å². The summed E-state index contributed by atoms with van der Waals surface area (Å²) in [6, 6.07) is 14.1. The summed E-state index contributed by atoms with van der Waals surface area (Å²) in [5.74, 6) is 0.634. The van der Waals surface area contributed by atoms with E-state index in [1.807, 2.05) is 45.0 Å². The Morgan fingerprint density at radius 3 is 2.27 bits per heavy atom. The van der Waals surface area contributed by atoms with E-state index in [0.29, 0.717) is 6.42 Å². The molecule has 2 aromatic carbocycles. The van der Waals surface area contributed by atoms with E-state index < -0.39 is 6.10 Å². The molecule has 0 spiro atoms. The van der Waals surface area contributed by atoms with E-state index in [4.69, 9.17) is 4.74 Å². The van der Waals surface area contributed by atoms with Crippen LogP contribution in [0.5, 0.6) is 5.75 Å². The van der Waals surface area contributed by atoms with Crippen molar-refractivity contribution in [3.8, 4) is 5.75 Å². The fourth-order valence-corrected chi connectivity index (χ4v) is 3.44. The van der Waals surface area contributed by atoms with Gasteiger partial charge in [0.05, 0.1) is 0 Å². The molecule has 4 nitrogen and oxygen atoms in total. The number of amides is 1. The second-order valence-electron chi connectivity index (χ2n) is 7.07. The first-order valence-corrected chi connectivity index (χ1v) is 9.46. The van der Waals surface area contributed by atoms with Crippen molar-refractivity contribution in [3.63, 3.8) is 0 Å². The average molecular weight is 352 g/mol. The third-order valence-electron chi connectivity index (χ3n) is 4.74. The third kappa shape index (κ3) is 4.57. The predicted octanol–water partition coefficient (Wildman–Crippen LogP) is 4.70. The molecule has 1 saturated heterocycles. The minimum absolute atomic E-state index is 0.111. The van der Waals surface area contributed by atoms with Crippen molar-refractivity contribution in [1.29, 1.82) is 0 Å². The molecule has 0 aliphatic carbocycles. The van der Waals surface area contributed by atoms with Crippen LogP contribution in [0.15, 0.2) is 42.5 Å². The molecule has 0 bridgehead atoms. The van der Waals surface area contributed by atoms with Crippen LogP contribution in [0.3, 0.4) is 0 Å². The van der Waals surface area contributed by atoms with Gasteiger partial charge in [-0.1, -0.05) is 13.0 Å². The maximum absolute atomic E-state index is 12.6. The molecule has 1 unspecified atom stereocenters. The van der Waals surface area contributed by atoms with Crippen LogP contribution in [0.1, 0.15) is 37.3 Å². The average Bonchev–Trinajstić information content (AvgIpc) is 3.14. The number of ether oxygens (including phenoxy) is 1. The Morgan fingerprint density at radius 2 is 1.69 bits per heavy atom. The smallest absolute Gasteiger partial charge is 0.265 e. The highest BCUT2D eigenvalue weighted by atomic mass is 16.5. The molecule has 1 fully saturated rings. The van der Waals surface area contributed by atoms with E-state index in [0.717, 1.165) is 35.7 Å². The van der Waals surface area contributed by atoms with Gasteiger partial charge in [-0.05, 0) is 80.6 Å². The number of nitrogens with one attached hydrogen (secondary N) is 1. The highest BCUT2D eigenvalue weighted by molar-refractivity contribution is 5.94. The topological polar surface area (TPSA) is 41.6 Å². The molecule has 0 radical (unpaired) electrons. The molecule has 1 atom stereocenters. The van der Waals surface area contributed by atoms with E-state index in [1.165, 1.54) is 18.5 Å². The number of rotatable bonds is 6. The Morgan fingerprint density at radius 1 is 1.08 bits per heavy atom. The molecule has 1 heterocycles. The molecular weight excluding hydrogens is 324 g/mol. The van der Waals surface area contributed by atoms with Crippen molar-refractivity contribution in [3.05, 3.63) is 53.6 Å². The van der Waals surface area contributed by atoms with E-state index >= 15 is 0 Å². The number of aryl methyl sites for hydroxylation is 2. The summed E-state index contributed by atoms with van der Waals surface area (Å²) in [5.41, 5.74) is 4.29. The van der Waals surface area contributed by atoms with Crippen LogP contribution in [0, 0.1) is 13.8 Å². The lowest BCUT2D eigenvalue weighted by Gasteiger charge is -2.19. The van der Waals surface area contributed by atoms with Crippen LogP contribution in [-0.2, 0) is 4.79 Å². The SMILES string of the molecule is CCC(Oc1cc(C)cc(C)c1)C(=O)Nc1ccc(N2CCCC2)cc1. The Kier molecular flexibility index (Phi) is 5.82. The quantitative estimate of drug-likeness (QED) is 0.819. The van der Waals surface area contributed by atoms with Gasteiger partial charge >= 0.3 is 0 Å². The molecule has 2 aromatic rings. The van der Waals surface area contributed by atoms with Gasteiger partial charge in [0.25, 0.3) is 5.91 Å². The van der Waals surface area contributed by atoms with Crippen LogP contribution >= 0.6 is 0 Å². The van der Waals surface area contributed by atoms with Crippen LogP contribution in [0.2, 0.25) is 0 Å². The van der Waals surface area contributed by atoms with Gasteiger partial charge in [0.2, 0.25) is 0 Å². The van der Waals surface area contributed by atoms with Gasteiger partial charge in [0, 0.05) is 24.5 Å². The normalized spacial score (nSPS) is 15.0. The molecule has 138 valence electrons. The van der Waals surface area contributed by atoms with Crippen molar-refractivity contribution in [2.24, 2.45) is 0 Å². The number of benzene rings is 2. The largest absolute Gasteiger partial charge is 0.481 e. The Bertz CT molecular complexity index is 729. The number of anilines is 2. The maximum Gasteiger partial charge on any atom is 0.265 e. The number of nitrogens with zero attached hydrogens (tertiary/aromatic N) is 1. The lowest BCUT2D eigenvalue weighted by atomic mass is 10.1. The number of hydrogen-bond acceptors (Lipinski definition) is 3. The van der Waals surface area contributed by atoms with Crippen LogP contribution in [0.25, 0.3) is 0 Å². The summed E-state index contributed by atoms with van der Waals surface area (Å²) in [6.07, 6.45) is 2.62. The highest BCUT2D eigenvalue weighted by Crippen LogP contribution is 2.23. The summed E-state index contributed by atoms with van der Waals surface area (Å²) < 4.78 is 5.94. The molecular formula is C22H28N2O2. The minimum atomic E-state index is -0.505. The van der Waals surface area contributed by atoms with Crippen LogP contribution in [0.4, 0.5) is 11.4 Å². The molecule has 0 aromatic heterocycles. The second kappa shape index (κ2) is 8.26. The van der Waals surface area contributed by atoms with Gasteiger partial charge < -0.3 is 15.0 Å². The molecule has 1 N–H and O–H groups in total. The predicted molar refractivity (Wildman–Crippen MR) is 107 cm³/mol. The van der Waals surface area contributed by atoms with Crippen LogP contribution < -0.4 is 15.0 Å². The van der Waals surface area contributed by atoms with E-state index in [-0.39, 0.29) is 5.91 Å². The van der Waals surface area contributed by atoms with Gasteiger partial charge in [0.1, 0.15) is 5.75 Å². The fourth-order valence-electron chi connectivity index (χ4n) is 3.44. The van der Waals surface area contributed by atoms with Crippen molar-refractivity contribution in [1.82, 2.24) is 0 Å². The number of carbonyl (C=O) groups excluding carboxylic acids is 1. The van der Waals surface area contributed by atoms with Gasteiger partial charge in [-0.2, -0.15) is 0 Å². The minimum Gasteiger partial charge on any atom is -0.481 e. The molecule has 4 heteroatoms. The standard InChI is InChI=1S/C22H28N2O2/c1-4-21(26-20-14-16(2)13-17(3)15-20)22(25)23-18-7-9-19(10-8-18)24-11-5-6-12-24/h7-10,13-15,21H,4-6,11-12H2,1-3H3,(H,23,25). The van der Waals surface area contributed by atoms with Crippen LogP contribution in [-0.4, -0.2) is 25.1 Å². The van der Waals surface area contributed by atoms with E-state index in [1.54, 1.807) is 0 Å². The number of carbonyl (C=O) groups is 1. The van der Waals surface area contributed by atoms with Gasteiger partial charge in [-0.3, -0.25) is 4.79 Å². The van der Waals surface area contributed by atoms with Crippen molar-refractivity contribution >= 4 is 17.3 Å².